The third-order valence-electron chi connectivity index (χ3n) is 2.49. The number of hydrogen-bond donors (Lipinski definition) is 0. The standard InChI is InChI=1S/C13H12N2O3/c1-9-8-11(16)12(13(17)18-2)14-15(9)10-6-4-3-5-7-10/h3-8H,1-2H3. The summed E-state index contributed by atoms with van der Waals surface area (Å²) >= 11 is 0. The molecule has 0 fully saturated rings. The first-order chi connectivity index (χ1) is 8.63. The van der Waals surface area contributed by atoms with Gasteiger partial charge in [-0.1, -0.05) is 18.2 Å². The minimum Gasteiger partial charge on any atom is -0.464 e. The number of ether oxygens (including phenoxy) is 1. The van der Waals surface area contributed by atoms with Crippen LogP contribution in [0.2, 0.25) is 0 Å². The molecule has 0 amide bonds. The van der Waals surface area contributed by atoms with Crippen LogP contribution in [0.4, 0.5) is 0 Å². The van der Waals surface area contributed by atoms with Gasteiger partial charge in [0.1, 0.15) is 0 Å². The van der Waals surface area contributed by atoms with Crippen molar-refractivity contribution in [3.63, 3.8) is 0 Å². The summed E-state index contributed by atoms with van der Waals surface area (Å²) in [5, 5.41) is 4.04. The number of aromatic nitrogens is 2. The average molecular weight is 244 g/mol. The summed E-state index contributed by atoms with van der Waals surface area (Å²) in [6, 6.07) is 10.6. The molecule has 0 unspecified atom stereocenters. The lowest BCUT2D eigenvalue weighted by molar-refractivity contribution is 0.0590. The quantitative estimate of drug-likeness (QED) is 0.748. The third kappa shape index (κ3) is 2.15. The van der Waals surface area contributed by atoms with Crippen molar-refractivity contribution < 1.29 is 9.53 Å². The second-order valence-electron chi connectivity index (χ2n) is 3.74. The van der Waals surface area contributed by atoms with Crippen molar-refractivity contribution in [3.05, 3.63) is 58.0 Å². The van der Waals surface area contributed by atoms with Crippen LogP contribution in [0.25, 0.3) is 5.69 Å². The lowest BCUT2D eigenvalue weighted by atomic mass is 10.3. The number of para-hydroxylation sites is 1. The lowest BCUT2D eigenvalue weighted by Crippen LogP contribution is -2.23. The summed E-state index contributed by atoms with van der Waals surface area (Å²) in [4.78, 5) is 23.1. The van der Waals surface area contributed by atoms with Gasteiger partial charge in [0.05, 0.1) is 12.8 Å². The Morgan fingerprint density at radius 3 is 2.56 bits per heavy atom. The van der Waals surface area contributed by atoms with Crippen molar-refractivity contribution in [3.8, 4) is 5.69 Å². The normalized spacial score (nSPS) is 10.1. The molecule has 0 aliphatic rings. The van der Waals surface area contributed by atoms with Crippen molar-refractivity contribution in [2.45, 2.75) is 6.92 Å². The molecule has 1 aromatic heterocycles. The zero-order chi connectivity index (χ0) is 13.1. The number of hydrogen-bond acceptors (Lipinski definition) is 4. The van der Waals surface area contributed by atoms with Gasteiger partial charge in [0.2, 0.25) is 11.1 Å². The van der Waals surface area contributed by atoms with E-state index in [4.69, 9.17) is 0 Å². The second kappa shape index (κ2) is 4.83. The zero-order valence-electron chi connectivity index (χ0n) is 10.1. The first kappa shape index (κ1) is 12.0. The number of rotatable bonds is 2. The summed E-state index contributed by atoms with van der Waals surface area (Å²) in [5.74, 6) is -0.732. The molecule has 5 nitrogen and oxygen atoms in total. The van der Waals surface area contributed by atoms with E-state index in [1.807, 2.05) is 30.3 Å². The fraction of sp³-hybridized carbons (Fsp3) is 0.154. The molecule has 0 aliphatic heterocycles. The summed E-state index contributed by atoms with van der Waals surface area (Å²) < 4.78 is 6.07. The van der Waals surface area contributed by atoms with Gasteiger partial charge in [-0.25, -0.2) is 9.48 Å². The number of nitrogens with zero attached hydrogens (tertiary/aromatic N) is 2. The molecule has 1 aromatic carbocycles. The molecule has 2 rings (SSSR count). The monoisotopic (exact) mass is 244 g/mol. The summed E-state index contributed by atoms with van der Waals surface area (Å²) in [6.07, 6.45) is 0. The Morgan fingerprint density at radius 2 is 1.94 bits per heavy atom. The van der Waals surface area contributed by atoms with Crippen LogP contribution >= 0.6 is 0 Å². The van der Waals surface area contributed by atoms with Crippen LogP contribution in [0, 0.1) is 6.92 Å². The molecule has 0 saturated heterocycles. The number of carbonyl (C=O) groups excluding carboxylic acids is 1. The Balaban J connectivity index is 2.63. The van der Waals surface area contributed by atoms with Gasteiger partial charge in [-0.3, -0.25) is 4.79 Å². The number of esters is 1. The molecular weight excluding hydrogens is 232 g/mol. The van der Waals surface area contributed by atoms with Gasteiger partial charge in [-0.2, -0.15) is 5.10 Å². The van der Waals surface area contributed by atoms with Gasteiger partial charge < -0.3 is 4.74 Å². The van der Waals surface area contributed by atoms with E-state index in [-0.39, 0.29) is 5.69 Å². The predicted octanol–water partition coefficient (Wildman–Crippen LogP) is 1.33. The molecule has 0 bridgehead atoms. The fourth-order valence-electron chi connectivity index (χ4n) is 1.62. The SMILES string of the molecule is COC(=O)c1nn(-c2ccccc2)c(C)cc1=O. The van der Waals surface area contributed by atoms with Crippen LogP contribution in [-0.2, 0) is 4.74 Å². The summed E-state index contributed by atoms with van der Waals surface area (Å²) in [6.45, 7) is 1.75. The molecule has 0 N–H and O–H groups in total. The third-order valence-corrected chi connectivity index (χ3v) is 2.49. The Labute approximate surface area is 104 Å². The highest BCUT2D eigenvalue weighted by Gasteiger charge is 2.15. The molecule has 0 atom stereocenters. The van der Waals surface area contributed by atoms with Gasteiger partial charge >= 0.3 is 5.97 Å². The molecule has 0 saturated carbocycles. The molecule has 0 spiro atoms. The van der Waals surface area contributed by atoms with E-state index in [1.165, 1.54) is 17.9 Å². The van der Waals surface area contributed by atoms with Gasteiger partial charge in [-0.15, -0.1) is 0 Å². The van der Waals surface area contributed by atoms with Gasteiger partial charge in [0.25, 0.3) is 0 Å². The van der Waals surface area contributed by atoms with Crippen LogP contribution in [0.5, 0.6) is 0 Å². The van der Waals surface area contributed by atoms with Gasteiger partial charge in [-0.05, 0) is 19.1 Å². The Kier molecular flexibility index (Phi) is 3.23. The van der Waals surface area contributed by atoms with Gasteiger partial charge in [0, 0.05) is 11.8 Å². The van der Waals surface area contributed by atoms with Crippen molar-refractivity contribution in [2.24, 2.45) is 0 Å². The number of methoxy groups -OCH3 is 1. The van der Waals surface area contributed by atoms with E-state index in [0.717, 1.165) is 5.69 Å². The minimum atomic E-state index is -0.732. The first-order valence-corrected chi connectivity index (χ1v) is 5.38. The topological polar surface area (TPSA) is 61.2 Å². The molecule has 0 radical (unpaired) electrons. The van der Waals surface area contributed by atoms with E-state index >= 15 is 0 Å². The maximum Gasteiger partial charge on any atom is 0.362 e. The first-order valence-electron chi connectivity index (χ1n) is 5.38. The van der Waals surface area contributed by atoms with Crippen LogP contribution in [0.1, 0.15) is 16.2 Å². The molecule has 5 heteroatoms. The van der Waals surface area contributed by atoms with Crippen LogP contribution in [0.15, 0.2) is 41.2 Å². The van der Waals surface area contributed by atoms with Crippen molar-refractivity contribution in [1.82, 2.24) is 9.78 Å². The lowest BCUT2D eigenvalue weighted by Gasteiger charge is -2.10. The van der Waals surface area contributed by atoms with E-state index < -0.39 is 11.4 Å². The highest BCUT2D eigenvalue weighted by Crippen LogP contribution is 2.07. The highest BCUT2D eigenvalue weighted by molar-refractivity contribution is 5.86. The van der Waals surface area contributed by atoms with Crippen molar-refractivity contribution >= 4 is 5.97 Å². The smallest absolute Gasteiger partial charge is 0.362 e. The molecular formula is C13H12N2O3. The fourth-order valence-corrected chi connectivity index (χ4v) is 1.62. The number of carbonyl (C=O) groups is 1. The Hall–Kier alpha value is -2.43. The second-order valence-corrected chi connectivity index (χ2v) is 3.74. The molecule has 18 heavy (non-hydrogen) atoms. The van der Waals surface area contributed by atoms with Crippen molar-refractivity contribution in [1.29, 1.82) is 0 Å². The minimum absolute atomic E-state index is 0.216. The summed E-state index contributed by atoms with van der Waals surface area (Å²) in [7, 11) is 1.22. The molecule has 2 aromatic rings. The molecule has 0 aliphatic carbocycles. The Bertz CT molecular complexity index is 632. The number of benzene rings is 1. The number of aryl methyl sites for hydroxylation is 1. The van der Waals surface area contributed by atoms with E-state index in [9.17, 15) is 9.59 Å². The maximum absolute atomic E-state index is 11.6. The predicted molar refractivity (Wildman–Crippen MR) is 65.9 cm³/mol. The zero-order valence-corrected chi connectivity index (χ0v) is 10.1. The molecule has 92 valence electrons. The Morgan fingerprint density at radius 1 is 1.28 bits per heavy atom. The van der Waals surface area contributed by atoms with E-state index in [1.54, 1.807) is 6.92 Å². The van der Waals surface area contributed by atoms with Crippen LogP contribution in [0.3, 0.4) is 0 Å². The van der Waals surface area contributed by atoms with Crippen LogP contribution in [-0.4, -0.2) is 22.9 Å². The van der Waals surface area contributed by atoms with E-state index in [0.29, 0.717) is 5.69 Å². The van der Waals surface area contributed by atoms with Crippen molar-refractivity contribution in [2.75, 3.05) is 7.11 Å². The maximum atomic E-state index is 11.6. The average Bonchev–Trinajstić information content (AvgIpc) is 2.39. The largest absolute Gasteiger partial charge is 0.464 e. The highest BCUT2D eigenvalue weighted by atomic mass is 16.5. The van der Waals surface area contributed by atoms with Crippen LogP contribution < -0.4 is 5.43 Å². The molecule has 1 heterocycles. The van der Waals surface area contributed by atoms with E-state index in [2.05, 4.69) is 9.84 Å². The summed E-state index contributed by atoms with van der Waals surface area (Å²) in [5.41, 5.74) is 0.775. The van der Waals surface area contributed by atoms with Gasteiger partial charge in [0.15, 0.2) is 0 Å².